The zero-order valence-corrected chi connectivity index (χ0v) is 13.9. The highest BCUT2D eigenvalue weighted by atomic mass is 32.1. The number of nitrogen functional groups attached to an aromatic ring is 1. The van der Waals surface area contributed by atoms with Gasteiger partial charge in [0, 0.05) is 11.1 Å². The van der Waals surface area contributed by atoms with Gasteiger partial charge in [0.2, 0.25) is 0 Å². The molecule has 24 heavy (non-hydrogen) atoms. The molecule has 1 atom stereocenters. The van der Waals surface area contributed by atoms with Gasteiger partial charge in [0.25, 0.3) is 5.91 Å². The number of nitrogens with one attached hydrogen (secondary N) is 1. The number of carbonyl (C=O) groups is 1. The van der Waals surface area contributed by atoms with Crippen molar-refractivity contribution in [3.63, 3.8) is 0 Å². The number of aromatic hydroxyl groups is 1. The Morgan fingerprint density at radius 1 is 1.29 bits per heavy atom. The fourth-order valence-electron chi connectivity index (χ4n) is 2.56. The van der Waals surface area contributed by atoms with E-state index < -0.39 is 0 Å². The number of benzene rings is 1. The van der Waals surface area contributed by atoms with E-state index in [1.807, 2.05) is 30.5 Å². The molecule has 122 valence electrons. The van der Waals surface area contributed by atoms with Crippen LogP contribution in [0.15, 0.2) is 54.0 Å². The highest BCUT2D eigenvalue weighted by molar-refractivity contribution is 7.10. The fourth-order valence-corrected chi connectivity index (χ4v) is 3.35. The average Bonchev–Trinajstić information content (AvgIpc) is 3.07. The summed E-state index contributed by atoms with van der Waals surface area (Å²) < 4.78 is 0. The summed E-state index contributed by atoms with van der Waals surface area (Å²) in [7, 11) is 0. The number of thiophene rings is 1. The lowest BCUT2D eigenvalue weighted by Crippen LogP contribution is -2.30. The highest BCUT2D eigenvalue weighted by Crippen LogP contribution is 2.30. The van der Waals surface area contributed by atoms with Crippen LogP contribution in [-0.2, 0) is 0 Å². The molecule has 2 aromatic heterocycles. The summed E-state index contributed by atoms with van der Waals surface area (Å²) in [6, 6.07) is 12.0. The van der Waals surface area contributed by atoms with Crippen LogP contribution in [0.3, 0.4) is 0 Å². The summed E-state index contributed by atoms with van der Waals surface area (Å²) in [6.45, 7) is 1.90. The number of hydrogen-bond acceptors (Lipinski definition) is 5. The number of pyridine rings is 1. The third-order valence-electron chi connectivity index (χ3n) is 3.75. The maximum absolute atomic E-state index is 12.6. The van der Waals surface area contributed by atoms with Crippen LogP contribution in [0.4, 0.5) is 5.82 Å². The van der Waals surface area contributed by atoms with Crippen molar-refractivity contribution >= 4 is 23.1 Å². The standard InChI is InChI=1S/C18H17N3O2S/c1-11-10-12(22)6-7-13(11)16(15-5-3-9-24-15)21-18(23)14-4-2-8-20-17(14)19/h2-10,16,22H,1H3,(H2,19,20)(H,21,23). The van der Waals surface area contributed by atoms with E-state index in [4.69, 9.17) is 5.73 Å². The van der Waals surface area contributed by atoms with E-state index in [0.717, 1.165) is 16.0 Å². The van der Waals surface area contributed by atoms with Crippen LogP contribution in [-0.4, -0.2) is 16.0 Å². The van der Waals surface area contributed by atoms with Crippen molar-refractivity contribution in [3.05, 3.63) is 75.6 Å². The molecule has 0 aliphatic rings. The molecule has 4 N–H and O–H groups in total. The first-order valence-electron chi connectivity index (χ1n) is 7.40. The number of aryl methyl sites for hydroxylation is 1. The fraction of sp³-hybridized carbons (Fsp3) is 0.111. The zero-order chi connectivity index (χ0) is 17.1. The number of nitrogens with two attached hydrogens (primary N) is 1. The third-order valence-corrected chi connectivity index (χ3v) is 4.69. The van der Waals surface area contributed by atoms with Crippen LogP contribution in [0.1, 0.15) is 32.4 Å². The van der Waals surface area contributed by atoms with Crippen molar-refractivity contribution in [2.45, 2.75) is 13.0 Å². The van der Waals surface area contributed by atoms with Crippen molar-refractivity contribution in [1.29, 1.82) is 0 Å². The number of carbonyl (C=O) groups excluding carboxylic acids is 1. The summed E-state index contributed by atoms with van der Waals surface area (Å²) in [5, 5.41) is 14.6. The van der Waals surface area contributed by atoms with Gasteiger partial charge in [0.1, 0.15) is 11.6 Å². The lowest BCUT2D eigenvalue weighted by Gasteiger charge is -2.20. The Hall–Kier alpha value is -2.86. The van der Waals surface area contributed by atoms with Crippen molar-refractivity contribution in [2.75, 3.05) is 5.73 Å². The zero-order valence-electron chi connectivity index (χ0n) is 13.1. The summed E-state index contributed by atoms with van der Waals surface area (Å²) in [5.41, 5.74) is 7.96. The normalized spacial score (nSPS) is 11.9. The molecule has 0 bridgehead atoms. The van der Waals surface area contributed by atoms with Gasteiger partial charge in [-0.15, -0.1) is 11.3 Å². The number of anilines is 1. The second kappa shape index (κ2) is 6.72. The Morgan fingerprint density at radius 2 is 2.12 bits per heavy atom. The predicted octanol–water partition coefficient (Wildman–Crippen LogP) is 3.26. The predicted molar refractivity (Wildman–Crippen MR) is 95.1 cm³/mol. The minimum Gasteiger partial charge on any atom is -0.508 e. The number of rotatable bonds is 4. The molecule has 0 saturated carbocycles. The Balaban J connectivity index is 1.98. The first kappa shape index (κ1) is 16.0. The maximum Gasteiger partial charge on any atom is 0.255 e. The largest absolute Gasteiger partial charge is 0.508 e. The van der Waals surface area contributed by atoms with Gasteiger partial charge in [0.05, 0.1) is 11.6 Å². The van der Waals surface area contributed by atoms with Crippen molar-refractivity contribution in [1.82, 2.24) is 10.3 Å². The van der Waals surface area contributed by atoms with Gasteiger partial charge >= 0.3 is 0 Å². The van der Waals surface area contributed by atoms with Gasteiger partial charge in [-0.2, -0.15) is 0 Å². The molecule has 0 saturated heterocycles. The van der Waals surface area contributed by atoms with Crippen LogP contribution in [0.2, 0.25) is 0 Å². The number of hydrogen-bond donors (Lipinski definition) is 3. The summed E-state index contributed by atoms with van der Waals surface area (Å²) >= 11 is 1.56. The Bertz CT molecular complexity index is 862. The molecule has 0 radical (unpaired) electrons. The van der Waals surface area contributed by atoms with Crippen molar-refractivity contribution in [2.24, 2.45) is 0 Å². The van der Waals surface area contributed by atoms with E-state index in [1.54, 1.807) is 41.8 Å². The number of aromatic nitrogens is 1. The molecule has 1 aromatic carbocycles. The second-order valence-corrected chi connectivity index (χ2v) is 6.38. The first-order chi connectivity index (χ1) is 11.6. The Morgan fingerprint density at radius 3 is 2.79 bits per heavy atom. The van der Waals surface area contributed by atoms with E-state index in [9.17, 15) is 9.90 Å². The third kappa shape index (κ3) is 3.23. The lowest BCUT2D eigenvalue weighted by atomic mass is 9.99. The molecule has 1 amide bonds. The molecule has 3 rings (SSSR count). The number of amides is 1. The van der Waals surface area contributed by atoms with E-state index in [1.165, 1.54) is 0 Å². The van der Waals surface area contributed by atoms with Crippen LogP contribution in [0.5, 0.6) is 5.75 Å². The molecule has 0 aliphatic heterocycles. The minimum absolute atomic E-state index is 0.197. The van der Waals surface area contributed by atoms with Crippen LogP contribution in [0.25, 0.3) is 0 Å². The Kier molecular flexibility index (Phi) is 4.48. The number of nitrogens with zero attached hydrogens (tertiary/aromatic N) is 1. The van der Waals surface area contributed by atoms with Crippen molar-refractivity contribution < 1.29 is 9.90 Å². The SMILES string of the molecule is Cc1cc(O)ccc1C(NC(=O)c1cccnc1N)c1cccs1. The quantitative estimate of drug-likeness (QED) is 0.681. The number of phenols is 1. The van der Waals surface area contributed by atoms with Gasteiger partial charge in [-0.1, -0.05) is 12.1 Å². The average molecular weight is 339 g/mol. The van der Waals surface area contributed by atoms with Gasteiger partial charge < -0.3 is 16.2 Å². The van der Waals surface area contributed by atoms with Crippen LogP contribution in [0, 0.1) is 6.92 Å². The molecule has 0 aliphatic carbocycles. The molecule has 1 unspecified atom stereocenters. The smallest absolute Gasteiger partial charge is 0.255 e. The van der Waals surface area contributed by atoms with E-state index in [2.05, 4.69) is 10.3 Å². The minimum atomic E-state index is -0.322. The summed E-state index contributed by atoms with van der Waals surface area (Å²) in [5.74, 6) is 0.109. The van der Waals surface area contributed by atoms with Crippen molar-refractivity contribution in [3.8, 4) is 5.75 Å². The highest BCUT2D eigenvalue weighted by Gasteiger charge is 2.21. The molecule has 5 nitrogen and oxygen atoms in total. The molecular formula is C18H17N3O2S. The maximum atomic E-state index is 12.6. The lowest BCUT2D eigenvalue weighted by molar-refractivity contribution is 0.0944. The molecule has 0 spiro atoms. The summed E-state index contributed by atoms with van der Waals surface area (Å²) in [6.07, 6.45) is 1.55. The second-order valence-electron chi connectivity index (χ2n) is 5.40. The monoisotopic (exact) mass is 339 g/mol. The molecule has 2 heterocycles. The topological polar surface area (TPSA) is 88.2 Å². The molecular weight excluding hydrogens is 322 g/mol. The van der Waals surface area contributed by atoms with Gasteiger partial charge in [-0.3, -0.25) is 4.79 Å². The van der Waals surface area contributed by atoms with Gasteiger partial charge in [-0.05, 0) is 53.8 Å². The molecule has 3 aromatic rings. The molecule has 6 heteroatoms. The van der Waals surface area contributed by atoms with Crippen LogP contribution < -0.4 is 11.1 Å². The van der Waals surface area contributed by atoms with E-state index >= 15 is 0 Å². The van der Waals surface area contributed by atoms with Crippen LogP contribution >= 0.6 is 11.3 Å². The van der Waals surface area contributed by atoms with E-state index in [-0.39, 0.29) is 23.5 Å². The molecule has 0 fully saturated rings. The van der Waals surface area contributed by atoms with Gasteiger partial charge in [-0.25, -0.2) is 4.98 Å². The number of phenolic OH excluding ortho intramolecular Hbond substituents is 1. The van der Waals surface area contributed by atoms with Gasteiger partial charge in [0.15, 0.2) is 0 Å². The first-order valence-corrected chi connectivity index (χ1v) is 8.28. The summed E-state index contributed by atoms with van der Waals surface area (Å²) in [4.78, 5) is 17.6. The Labute approximate surface area is 143 Å². The van der Waals surface area contributed by atoms with E-state index in [0.29, 0.717) is 5.56 Å².